The number of likely N-dealkylation sites (tertiary alicyclic amines) is 1. The molecule has 4 rings (SSSR count). The van der Waals surface area contributed by atoms with E-state index in [1.807, 2.05) is 47.4 Å². The highest BCUT2D eigenvalue weighted by atomic mass is 35.5. The van der Waals surface area contributed by atoms with Gasteiger partial charge in [-0.1, -0.05) is 29.8 Å². The number of carbonyl (C=O) groups is 1. The highest BCUT2D eigenvalue weighted by molar-refractivity contribution is 6.31. The minimum Gasteiger partial charge on any atom is -0.497 e. The Hall–Kier alpha value is -3.29. The van der Waals surface area contributed by atoms with E-state index in [2.05, 4.69) is 4.98 Å². The molecule has 178 valence electrons. The molecule has 7 nitrogen and oxygen atoms in total. The Morgan fingerprint density at radius 3 is 2.50 bits per heavy atom. The molecule has 0 aliphatic carbocycles. The van der Waals surface area contributed by atoms with E-state index in [9.17, 15) is 9.90 Å². The fourth-order valence-corrected chi connectivity index (χ4v) is 4.83. The zero-order valence-corrected chi connectivity index (χ0v) is 20.1. The van der Waals surface area contributed by atoms with Crippen LogP contribution in [0, 0.1) is 0 Å². The Bertz CT molecular complexity index is 1190. The molecule has 1 aliphatic heterocycles. The Labute approximate surface area is 203 Å². The first kappa shape index (κ1) is 23.9. The van der Waals surface area contributed by atoms with Crippen molar-refractivity contribution in [3.63, 3.8) is 0 Å². The number of hydrogen-bond acceptors (Lipinski definition) is 6. The molecule has 0 radical (unpaired) electrons. The molecule has 1 saturated heterocycles. The molecular formula is C26H27ClN2O5. The van der Waals surface area contributed by atoms with Crippen LogP contribution in [0.5, 0.6) is 17.2 Å². The van der Waals surface area contributed by atoms with Gasteiger partial charge in [-0.2, -0.15) is 0 Å². The van der Waals surface area contributed by atoms with Gasteiger partial charge < -0.3 is 19.3 Å². The first-order chi connectivity index (χ1) is 16.5. The summed E-state index contributed by atoms with van der Waals surface area (Å²) in [6.07, 6.45) is 3.02. The highest BCUT2D eigenvalue weighted by Gasteiger charge is 2.39. The lowest BCUT2D eigenvalue weighted by Gasteiger charge is -2.29. The molecule has 1 fully saturated rings. The van der Waals surface area contributed by atoms with E-state index < -0.39 is 12.0 Å². The second-order valence-electron chi connectivity index (χ2n) is 8.10. The predicted molar refractivity (Wildman–Crippen MR) is 130 cm³/mol. The summed E-state index contributed by atoms with van der Waals surface area (Å²) in [7, 11) is 4.77. The monoisotopic (exact) mass is 482 g/mol. The van der Waals surface area contributed by atoms with Crippen molar-refractivity contribution < 1.29 is 24.1 Å². The standard InChI is InChI=1S/C26H27ClN2O5/c1-32-17-8-9-19(23(13-17)33-2)25-24(34-3)12-16(14-28-25)15-29-21(10-11-22(29)26(30)31)18-6-4-5-7-20(18)27/h4-9,12-14,21-22H,10-11,15H2,1-3H3,(H,30,31)/t21-,22+/m1/s1. The van der Waals surface area contributed by atoms with Gasteiger partial charge in [0.15, 0.2) is 0 Å². The van der Waals surface area contributed by atoms with Crippen LogP contribution < -0.4 is 14.2 Å². The zero-order chi connectivity index (χ0) is 24.2. The van der Waals surface area contributed by atoms with E-state index >= 15 is 0 Å². The van der Waals surface area contributed by atoms with Crippen molar-refractivity contribution in [1.29, 1.82) is 0 Å². The van der Waals surface area contributed by atoms with Gasteiger partial charge in [0, 0.05) is 35.4 Å². The number of aromatic nitrogens is 1. The Balaban J connectivity index is 1.68. The van der Waals surface area contributed by atoms with Gasteiger partial charge in [0.25, 0.3) is 0 Å². The molecule has 8 heteroatoms. The van der Waals surface area contributed by atoms with E-state index in [1.165, 1.54) is 0 Å². The van der Waals surface area contributed by atoms with Crippen molar-refractivity contribution in [3.8, 4) is 28.5 Å². The van der Waals surface area contributed by atoms with Crippen LogP contribution in [0.15, 0.2) is 54.7 Å². The Morgan fingerprint density at radius 1 is 1.06 bits per heavy atom. The molecule has 3 aromatic rings. The van der Waals surface area contributed by atoms with Crippen molar-refractivity contribution in [1.82, 2.24) is 9.88 Å². The van der Waals surface area contributed by atoms with Gasteiger partial charge in [-0.25, -0.2) is 0 Å². The number of nitrogens with zero attached hydrogens (tertiary/aromatic N) is 2. The summed E-state index contributed by atoms with van der Waals surface area (Å²) in [4.78, 5) is 18.7. The lowest BCUT2D eigenvalue weighted by Crippen LogP contribution is -2.37. The normalized spacial score (nSPS) is 18.0. The topological polar surface area (TPSA) is 81.1 Å². The third-order valence-corrected chi connectivity index (χ3v) is 6.57. The van der Waals surface area contributed by atoms with Gasteiger partial charge in [0.2, 0.25) is 0 Å². The van der Waals surface area contributed by atoms with Crippen LogP contribution in [-0.2, 0) is 11.3 Å². The van der Waals surface area contributed by atoms with Crippen LogP contribution in [-0.4, -0.2) is 48.3 Å². The van der Waals surface area contributed by atoms with Gasteiger partial charge >= 0.3 is 5.97 Å². The third-order valence-electron chi connectivity index (χ3n) is 6.22. The average Bonchev–Trinajstić information content (AvgIpc) is 3.27. The number of rotatable bonds is 8. The first-order valence-corrected chi connectivity index (χ1v) is 11.3. The van der Waals surface area contributed by atoms with E-state index in [-0.39, 0.29) is 6.04 Å². The van der Waals surface area contributed by atoms with Crippen LogP contribution in [0.25, 0.3) is 11.3 Å². The van der Waals surface area contributed by atoms with E-state index in [4.69, 9.17) is 25.8 Å². The maximum atomic E-state index is 12.0. The fourth-order valence-electron chi connectivity index (χ4n) is 4.56. The minimum absolute atomic E-state index is 0.0952. The summed E-state index contributed by atoms with van der Waals surface area (Å²) in [5.41, 5.74) is 3.18. The molecule has 1 N–H and O–H groups in total. The summed E-state index contributed by atoms with van der Waals surface area (Å²) in [5.74, 6) is 1.02. The van der Waals surface area contributed by atoms with Gasteiger partial charge in [-0.05, 0) is 48.2 Å². The lowest BCUT2D eigenvalue weighted by atomic mass is 10.0. The smallest absolute Gasteiger partial charge is 0.320 e. The van der Waals surface area contributed by atoms with Crippen molar-refractivity contribution in [2.45, 2.75) is 31.5 Å². The summed E-state index contributed by atoms with van der Waals surface area (Å²) in [6, 6.07) is 14.3. The quantitative estimate of drug-likeness (QED) is 0.471. The van der Waals surface area contributed by atoms with Crippen LogP contribution in [0.3, 0.4) is 0 Å². The molecule has 2 heterocycles. The molecule has 0 saturated carbocycles. The van der Waals surface area contributed by atoms with Crippen molar-refractivity contribution in [2.75, 3.05) is 21.3 Å². The second-order valence-corrected chi connectivity index (χ2v) is 8.51. The van der Waals surface area contributed by atoms with Crippen LogP contribution >= 0.6 is 11.6 Å². The molecular weight excluding hydrogens is 456 g/mol. The predicted octanol–water partition coefficient (Wildman–Crippen LogP) is 5.22. The third kappa shape index (κ3) is 4.67. The number of halogens is 1. The fraction of sp³-hybridized carbons (Fsp3) is 0.308. The van der Waals surface area contributed by atoms with Gasteiger partial charge in [-0.15, -0.1) is 0 Å². The number of hydrogen-bond donors (Lipinski definition) is 1. The molecule has 34 heavy (non-hydrogen) atoms. The van der Waals surface area contributed by atoms with Gasteiger partial charge in [-0.3, -0.25) is 14.7 Å². The molecule has 2 aromatic carbocycles. The maximum Gasteiger partial charge on any atom is 0.320 e. The van der Waals surface area contributed by atoms with Gasteiger partial charge in [0.05, 0.1) is 21.3 Å². The van der Waals surface area contributed by atoms with Crippen LogP contribution in [0.2, 0.25) is 5.02 Å². The summed E-state index contributed by atoms with van der Waals surface area (Å²) < 4.78 is 16.5. The van der Waals surface area contributed by atoms with E-state index in [0.29, 0.717) is 47.4 Å². The second kappa shape index (κ2) is 10.3. The molecule has 0 amide bonds. The van der Waals surface area contributed by atoms with E-state index in [1.54, 1.807) is 33.6 Å². The number of benzene rings is 2. The summed E-state index contributed by atoms with van der Waals surface area (Å²) >= 11 is 6.46. The number of carboxylic acid groups (broad SMARTS) is 1. The van der Waals surface area contributed by atoms with Crippen LogP contribution in [0.1, 0.15) is 30.0 Å². The molecule has 2 atom stereocenters. The highest BCUT2D eigenvalue weighted by Crippen LogP contribution is 2.41. The number of ether oxygens (including phenoxy) is 3. The number of methoxy groups -OCH3 is 3. The number of carboxylic acids is 1. The minimum atomic E-state index is -0.839. The largest absolute Gasteiger partial charge is 0.497 e. The molecule has 1 aromatic heterocycles. The Morgan fingerprint density at radius 2 is 1.82 bits per heavy atom. The molecule has 0 bridgehead atoms. The number of aliphatic carboxylic acids is 1. The molecule has 0 spiro atoms. The van der Waals surface area contributed by atoms with Crippen LogP contribution in [0.4, 0.5) is 0 Å². The lowest BCUT2D eigenvalue weighted by molar-refractivity contribution is -0.142. The summed E-state index contributed by atoms with van der Waals surface area (Å²) in [6.45, 7) is 0.399. The number of pyridine rings is 1. The van der Waals surface area contributed by atoms with Gasteiger partial charge in [0.1, 0.15) is 29.0 Å². The first-order valence-electron chi connectivity index (χ1n) is 10.9. The molecule has 1 aliphatic rings. The van der Waals surface area contributed by atoms with Crippen molar-refractivity contribution >= 4 is 17.6 Å². The average molecular weight is 483 g/mol. The van der Waals surface area contributed by atoms with E-state index in [0.717, 1.165) is 16.7 Å². The van der Waals surface area contributed by atoms with Crippen molar-refractivity contribution in [2.24, 2.45) is 0 Å². The molecule has 0 unspecified atom stereocenters. The SMILES string of the molecule is COc1ccc(-c2ncc(CN3[C@@H](c4ccccc4Cl)CC[C@H]3C(=O)O)cc2OC)c(OC)c1. The van der Waals surface area contributed by atoms with Crippen molar-refractivity contribution in [3.05, 3.63) is 70.9 Å². The Kier molecular flexibility index (Phi) is 7.24. The maximum absolute atomic E-state index is 12.0. The summed E-state index contributed by atoms with van der Waals surface area (Å²) in [5, 5.41) is 10.5. The zero-order valence-electron chi connectivity index (χ0n) is 19.3.